The lowest BCUT2D eigenvalue weighted by molar-refractivity contribution is 0.0731. The fourth-order valence-electron chi connectivity index (χ4n) is 2.32. The van der Waals surface area contributed by atoms with E-state index in [0.717, 1.165) is 9.75 Å². The van der Waals surface area contributed by atoms with Crippen molar-refractivity contribution in [3.05, 3.63) is 38.9 Å². The van der Waals surface area contributed by atoms with Gasteiger partial charge in [-0.05, 0) is 31.2 Å². The Morgan fingerprint density at radius 1 is 1.21 bits per heavy atom. The average molecular weight is 387 g/mol. The minimum absolute atomic E-state index is 0.140. The highest BCUT2D eigenvalue weighted by atomic mass is 32.2. The van der Waals surface area contributed by atoms with Crippen molar-refractivity contribution in [2.45, 2.75) is 17.7 Å². The fraction of sp³-hybridized carbons (Fsp3) is 0.400. The van der Waals surface area contributed by atoms with Gasteiger partial charge in [0, 0.05) is 22.8 Å². The summed E-state index contributed by atoms with van der Waals surface area (Å²) in [6, 6.07) is 7.04. The molecule has 0 aliphatic carbocycles. The molecule has 24 heavy (non-hydrogen) atoms. The van der Waals surface area contributed by atoms with E-state index in [1.165, 1.54) is 27.0 Å². The Balaban J connectivity index is 1.64. The van der Waals surface area contributed by atoms with Crippen LogP contribution in [0.25, 0.3) is 0 Å². The van der Waals surface area contributed by atoms with Gasteiger partial charge in [-0.2, -0.15) is 4.31 Å². The Morgan fingerprint density at radius 2 is 1.96 bits per heavy atom. The van der Waals surface area contributed by atoms with Gasteiger partial charge in [-0.3, -0.25) is 4.79 Å². The summed E-state index contributed by atoms with van der Waals surface area (Å²) in [5.41, 5.74) is 0. The van der Waals surface area contributed by atoms with Gasteiger partial charge in [-0.1, -0.05) is 0 Å². The number of thiophene rings is 2. The number of hydrogen-bond acceptors (Lipinski definition) is 6. The summed E-state index contributed by atoms with van der Waals surface area (Å²) in [6.07, 6.45) is 0. The van der Waals surface area contributed by atoms with Crippen molar-refractivity contribution in [1.82, 2.24) is 9.62 Å². The Hall–Kier alpha value is -1.26. The molecule has 2 aromatic heterocycles. The van der Waals surface area contributed by atoms with Crippen molar-refractivity contribution in [2.24, 2.45) is 0 Å². The van der Waals surface area contributed by atoms with Gasteiger partial charge >= 0.3 is 0 Å². The van der Waals surface area contributed by atoms with Gasteiger partial charge in [0.05, 0.1) is 24.6 Å². The maximum absolute atomic E-state index is 12.6. The van der Waals surface area contributed by atoms with E-state index in [2.05, 4.69) is 5.32 Å². The van der Waals surface area contributed by atoms with Crippen LogP contribution in [0.3, 0.4) is 0 Å². The smallest absolute Gasteiger partial charge is 0.261 e. The molecule has 0 unspecified atom stereocenters. The van der Waals surface area contributed by atoms with E-state index < -0.39 is 10.0 Å². The van der Waals surface area contributed by atoms with Crippen molar-refractivity contribution in [2.75, 3.05) is 26.3 Å². The molecule has 0 saturated carbocycles. The summed E-state index contributed by atoms with van der Waals surface area (Å²) >= 11 is 2.63. The van der Waals surface area contributed by atoms with Gasteiger partial charge in [0.2, 0.25) is 0 Å². The molecule has 130 valence electrons. The number of carbonyl (C=O) groups excluding carboxylic acids is 1. The molecule has 2 aromatic rings. The summed E-state index contributed by atoms with van der Waals surface area (Å²) in [5.74, 6) is -0.140. The van der Waals surface area contributed by atoms with Crippen molar-refractivity contribution in [1.29, 1.82) is 0 Å². The van der Waals surface area contributed by atoms with E-state index >= 15 is 0 Å². The van der Waals surface area contributed by atoms with Crippen molar-refractivity contribution < 1.29 is 17.9 Å². The van der Waals surface area contributed by atoms with Crippen LogP contribution >= 0.6 is 22.7 Å². The minimum atomic E-state index is -3.47. The summed E-state index contributed by atoms with van der Waals surface area (Å²) in [4.78, 5) is 14.6. The fourth-order valence-corrected chi connectivity index (χ4v) is 5.96. The second-order valence-corrected chi connectivity index (χ2v) is 9.95. The summed E-state index contributed by atoms with van der Waals surface area (Å²) < 4.78 is 32.1. The molecule has 0 spiro atoms. The van der Waals surface area contributed by atoms with Crippen LogP contribution in [0.15, 0.2) is 28.5 Å². The number of aryl methyl sites for hydroxylation is 1. The molecule has 1 fully saturated rings. The first-order valence-corrected chi connectivity index (χ1v) is 10.6. The lowest BCUT2D eigenvalue weighted by Crippen LogP contribution is -2.40. The lowest BCUT2D eigenvalue weighted by atomic mass is 10.4. The highest BCUT2D eigenvalue weighted by molar-refractivity contribution is 7.91. The number of nitrogens with zero attached hydrogens (tertiary/aromatic N) is 1. The molecule has 1 aliphatic rings. The number of ether oxygens (including phenoxy) is 1. The van der Waals surface area contributed by atoms with Gasteiger partial charge < -0.3 is 10.1 Å². The SMILES string of the molecule is Cc1ccc(C(=O)NCc2ccc(S(=O)(=O)N3CCOCC3)s2)s1. The molecule has 1 aliphatic heterocycles. The van der Waals surface area contributed by atoms with E-state index in [4.69, 9.17) is 4.74 Å². The zero-order valence-electron chi connectivity index (χ0n) is 13.1. The molecule has 3 heterocycles. The predicted octanol–water partition coefficient (Wildman–Crippen LogP) is 2.07. The van der Waals surface area contributed by atoms with E-state index in [9.17, 15) is 13.2 Å². The van der Waals surface area contributed by atoms with Gasteiger partial charge in [0.25, 0.3) is 15.9 Å². The lowest BCUT2D eigenvalue weighted by Gasteiger charge is -2.25. The molecule has 0 bridgehead atoms. The molecule has 0 aromatic carbocycles. The van der Waals surface area contributed by atoms with E-state index in [1.807, 2.05) is 13.0 Å². The summed E-state index contributed by atoms with van der Waals surface area (Å²) in [7, 11) is -3.47. The van der Waals surface area contributed by atoms with Crippen molar-refractivity contribution in [3.8, 4) is 0 Å². The van der Waals surface area contributed by atoms with Gasteiger partial charge in [0.15, 0.2) is 0 Å². The van der Waals surface area contributed by atoms with Crippen LogP contribution in [0, 0.1) is 6.92 Å². The predicted molar refractivity (Wildman–Crippen MR) is 94.1 cm³/mol. The normalized spacial score (nSPS) is 16.2. The summed E-state index contributed by atoms with van der Waals surface area (Å²) in [6.45, 7) is 3.87. The van der Waals surface area contributed by atoms with Crippen molar-refractivity contribution in [3.63, 3.8) is 0 Å². The maximum Gasteiger partial charge on any atom is 0.261 e. The summed E-state index contributed by atoms with van der Waals surface area (Å²) in [5, 5.41) is 2.83. The second-order valence-electron chi connectivity index (χ2n) is 5.33. The Bertz CT molecular complexity index is 819. The third-order valence-electron chi connectivity index (χ3n) is 3.59. The highest BCUT2D eigenvalue weighted by Gasteiger charge is 2.27. The van der Waals surface area contributed by atoms with Gasteiger partial charge in [0.1, 0.15) is 4.21 Å². The molecule has 6 nitrogen and oxygen atoms in total. The zero-order chi connectivity index (χ0) is 17.2. The average Bonchev–Trinajstić information content (AvgIpc) is 3.23. The van der Waals surface area contributed by atoms with Crippen LogP contribution in [-0.2, 0) is 21.3 Å². The first kappa shape index (κ1) is 17.6. The molecule has 1 amide bonds. The quantitative estimate of drug-likeness (QED) is 0.854. The highest BCUT2D eigenvalue weighted by Crippen LogP contribution is 2.25. The third kappa shape index (κ3) is 3.86. The number of sulfonamides is 1. The van der Waals surface area contributed by atoms with Crippen LogP contribution in [0.2, 0.25) is 0 Å². The van der Waals surface area contributed by atoms with Crippen LogP contribution in [-0.4, -0.2) is 44.9 Å². The Kier molecular flexibility index (Phi) is 5.36. The number of rotatable bonds is 5. The number of carbonyl (C=O) groups is 1. The largest absolute Gasteiger partial charge is 0.379 e. The first-order chi connectivity index (χ1) is 11.5. The zero-order valence-corrected chi connectivity index (χ0v) is 15.6. The van der Waals surface area contributed by atoms with E-state index in [-0.39, 0.29) is 5.91 Å². The molecule has 0 atom stereocenters. The monoisotopic (exact) mass is 386 g/mol. The number of morpholine rings is 1. The molecule has 1 N–H and O–H groups in total. The van der Waals surface area contributed by atoms with Crippen LogP contribution in [0.1, 0.15) is 19.4 Å². The van der Waals surface area contributed by atoms with Gasteiger partial charge in [-0.15, -0.1) is 22.7 Å². The van der Waals surface area contributed by atoms with Crippen LogP contribution < -0.4 is 5.32 Å². The second kappa shape index (κ2) is 7.32. The number of nitrogens with one attached hydrogen (secondary N) is 1. The van der Waals surface area contributed by atoms with E-state index in [0.29, 0.717) is 41.9 Å². The standard InChI is InChI=1S/C15H18N2O4S3/c1-11-2-4-13(22-11)15(18)16-10-12-3-5-14(23-12)24(19,20)17-6-8-21-9-7-17/h2-5H,6-10H2,1H3,(H,16,18). The molecule has 3 rings (SSSR count). The van der Waals surface area contributed by atoms with Crippen molar-refractivity contribution >= 4 is 38.6 Å². The number of hydrogen-bond donors (Lipinski definition) is 1. The molecule has 1 saturated heterocycles. The maximum atomic E-state index is 12.6. The third-order valence-corrected chi connectivity index (χ3v) is 8.04. The molecular weight excluding hydrogens is 368 g/mol. The molecular formula is C15H18N2O4S3. The Labute approximate surface area is 149 Å². The van der Waals surface area contributed by atoms with Crippen LogP contribution in [0.5, 0.6) is 0 Å². The molecule has 9 heteroatoms. The van der Waals surface area contributed by atoms with Crippen LogP contribution in [0.4, 0.5) is 0 Å². The number of amides is 1. The first-order valence-electron chi connectivity index (χ1n) is 7.48. The topological polar surface area (TPSA) is 75.7 Å². The van der Waals surface area contributed by atoms with Gasteiger partial charge in [-0.25, -0.2) is 8.42 Å². The van der Waals surface area contributed by atoms with E-state index in [1.54, 1.807) is 18.2 Å². The minimum Gasteiger partial charge on any atom is -0.379 e. The Morgan fingerprint density at radius 3 is 2.62 bits per heavy atom. The molecule has 0 radical (unpaired) electrons.